The molecule has 0 aliphatic carbocycles. The van der Waals surface area contributed by atoms with Gasteiger partial charge in [-0.25, -0.2) is 9.78 Å². The van der Waals surface area contributed by atoms with Gasteiger partial charge in [0.25, 0.3) is 0 Å². The van der Waals surface area contributed by atoms with Crippen LogP contribution in [0.2, 0.25) is 0 Å². The molecule has 4 nitrogen and oxygen atoms in total. The Hall–Kier alpha value is -1.58. The minimum absolute atomic E-state index is 0.230. The lowest BCUT2D eigenvalue weighted by atomic mass is 10.0. The Morgan fingerprint density at radius 2 is 2.11 bits per heavy atom. The Bertz CT molecular complexity index is 391. The molecule has 2 N–H and O–H groups in total. The zero-order valence-electron chi connectivity index (χ0n) is 11.3. The van der Waals surface area contributed by atoms with Crippen molar-refractivity contribution in [2.75, 3.05) is 5.32 Å². The summed E-state index contributed by atoms with van der Waals surface area (Å²) < 4.78 is 0. The van der Waals surface area contributed by atoms with Crippen molar-refractivity contribution in [3.05, 3.63) is 23.9 Å². The molecule has 4 heteroatoms. The monoisotopic (exact) mass is 250 g/mol. The molecular formula is C14H22N2O2. The minimum atomic E-state index is -0.944. The first-order chi connectivity index (χ1) is 8.50. The summed E-state index contributed by atoms with van der Waals surface area (Å²) in [4.78, 5) is 15.1. The van der Waals surface area contributed by atoms with Crippen molar-refractivity contribution < 1.29 is 9.90 Å². The van der Waals surface area contributed by atoms with Crippen LogP contribution in [-0.4, -0.2) is 22.1 Å². The molecule has 0 radical (unpaired) electrons. The van der Waals surface area contributed by atoms with E-state index in [1.54, 1.807) is 18.3 Å². The summed E-state index contributed by atoms with van der Waals surface area (Å²) in [5, 5.41) is 12.2. The summed E-state index contributed by atoms with van der Waals surface area (Å²) in [7, 11) is 0. The molecule has 0 aromatic carbocycles. The van der Waals surface area contributed by atoms with Gasteiger partial charge in [-0.3, -0.25) is 0 Å². The number of pyridine rings is 1. The number of aromatic nitrogens is 1. The first-order valence-corrected chi connectivity index (χ1v) is 6.45. The molecular weight excluding hydrogens is 228 g/mol. The second kappa shape index (κ2) is 6.99. The number of aromatic carboxylic acids is 1. The molecule has 0 saturated carbocycles. The van der Waals surface area contributed by atoms with E-state index in [0.717, 1.165) is 12.8 Å². The molecule has 0 fully saturated rings. The van der Waals surface area contributed by atoms with E-state index in [4.69, 9.17) is 5.11 Å². The highest BCUT2D eigenvalue weighted by molar-refractivity contribution is 5.93. The maximum absolute atomic E-state index is 11.0. The van der Waals surface area contributed by atoms with Crippen molar-refractivity contribution in [3.63, 3.8) is 0 Å². The van der Waals surface area contributed by atoms with Crippen molar-refractivity contribution in [3.8, 4) is 0 Å². The first kappa shape index (κ1) is 14.5. The summed E-state index contributed by atoms with van der Waals surface area (Å²) in [5.74, 6) is 0.226. The maximum atomic E-state index is 11.0. The molecule has 1 rings (SSSR count). The van der Waals surface area contributed by atoms with E-state index < -0.39 is 5.97 Å². The molecule has 0 aliphatic heterocycles. The van der Waals surface area contributed by atoms with Crippen LogP contribution >= 0.6 is 0 Å². The van der Waals surface area contributed by atoms with Crippen molar-refractivity contribution in [2.45, 2.75) is 46.1 Å². The van der Waals surface area contributed by atoms with Crippen molar-refractivity contribution in [1.29, 1.82) is 0 Å². The number of hydrogen-bond acceptors (Lipinski definition) is 3. The number of nitrogens with one attached hydrogen (secondary N) is 1. The number of anilines is 1. The number of carboxylic acid groups (broad SMARTS) is 1. The average molecular weight is 250 g/mol. The smallest absolute Gasteiger partial charge is 0.339 e. The van der Waals surface area contributed by atoms with Crippen LogP contribution in [0.25, 0.3) is 0 Å². The molecule has 0 amide bonds. The van der Waals surface area contributed by atoms with Crippen molar-refractivity contribution >= 4 is 11.8 Å². The summed E-state index contributed by atoms with van der Waals surface area (Å²) in [6, 6.07) is 3.44. The summed E-state index contributed by atoms with van der Waals surface area (Å²) in [6.45, 7) is 6.47. The number of nitrogens with zero attached hydrogens (tertiary/aromatic N) is 1. The highest BCUT2D eigenvalue weighted by Crippen LogP contribution is 2.15. The zero-order valence-corrected chi connectivity index (χ0v) is 11.3. The zero-order chi connectivity index (χ0) is 13.5. The van der Waals surface area contributed by atoms with Gasteiger partial charge >= 0.3 is 5.97 Å². The third-order valence-electron chi connectivity index (χ3n) is 2.84. The van der Waals surface area contributed by atoms with Crippen LogP contribution in [0.5, 0.6) is 0 Å². The largest absolute Gasteiger partial charge is 0.478 e. The molecule has 100 valence electrons. The lowest BCUT2D eigenvalue weighted by Crippen LogP contribution is -2.18. The minimum Gasteiger partial charge on any atom is -0.478 e. The second-order valence-corrected chi connectivity index (χ2v) is 5.07. The van der Waals surface area contributed by atoms with Crippen molar-refractivity contribution in [1.82, 2.24) is 4.98 Å². The van der Waals surface area contributed by atoms with Crippen LogP contribution in [0.4, 0.5) is 5.82 Å². The van der Waals surface area contributed by atoms with Gasteiger partial charge in [0.15, 0.2) is 0 Å². The van der Waals surface area contributed by atoms with E-state index in [2.05, 4.69) is 31.1 Å². The summed E-state index contributed by atoms with van der Waals surface area (Å²) in [5.41, 5.74) is 0.230. The Labute approximate surface area is 108 Å². The quantitative estimate of drug-likeness (QED) is 0.778. The van der Waals surface area contributed by atoms with Gasteiger partial charge in [0.05, 0.1) is 0 Å². The molecule has 18 heavy (non-hydrogen) atoms. The van der Waals surface area contributed by atoms with E-state index in [9.17, 15) is 4.79 Å². The normalized spacial score (nSPS) is 12.4. The molecule has 0 saturated heterocycles. The van der Waals surface area contributed by atoms with Crippen LogP contribution in [0, 0.1) is 5.92 Å². The summed E-state index contributed by atoms with van der Waals surface area (Å²) in [6.07, 6.45) is 4.96. The Balaban J connectivity index is 2.53. The van der Waals surface area contributed by atoms with Gasteiger partial charge in [-0.2, -0.15) is 0 Å². The van der Waals surface area contributed by atoms with Crippen LogP contribution in [0.15, 0.2) is 18.3 Å². The van der Waals surface area contributed by atoms with E-state index in [1.807, 2.05) is 0 Å². The average Bonchev–Trinajstić information content (AvgIpc) is 2.28. The van der Waals surface area contributed by atoms with Gasteiger partial charge in [0.1, 0.15) is 11.4 Å². The Morgan fingerprint density at radius 3 is 2.72 bits per heavy atom. The van der Waals surface area contributed by atoms with Crippen LogP contribution < -0.4 is 5.32 Å². The maximum Gasteiger partial charge on any atom is 0.339 e. The molecule has 0 bridgehead atoms. The SMILES string of the molecule is CC(C)CCCC(C)Nc1ncccc1C(=O)O. The topological polar surface area (TPSA) is 62.2 Å². The fraction of sp³-hybridized carbons (Fsp3) is 0.571. The van der Waals surface area contributed by atoms with Gasteiger partial charge in [0, 0.05) is 12.2 Å². The number of carboxylic acids is 1. The second-order valence-electron chi connectivity index (χ2n) is 5.07. The van der Waals surface area contributed by atoms with Crippen molar-refractivity contribution in [2.24, 2.45) is 5.92 Å². The fourth-order valence-electron chi connectivity index (χ4n) is 1.83. The third-order valence-corrected chi connectivity index (χ3v) is 2.84. The lowest BCUT2D eigenvalue weighted by Gasteiger charge is -2.16. The van der Waals surface area contributed by atoms with E-state index >= 15 is 0 Å². The molecule has 1 aromatic heterocycles. The number of rotatable bonds is 7. The number of carbonyl (C=O) groups is 1. The van der Waals surface area contributed by atoms with Crippen LogP contribution in [0.1, 0.15) is 50.4 Å². The first-order valence-electron chi connectivity index (χ1n) is 6.45. The molecule has 0 spiro atoms. The van der Waals surface area contributed by atoms with E-state index in [1.165, 1.54) is 6.42 Å². The number of hydrogen-bond donors (Lipinski definition) is 2. The lowest BCUT2D eigenvalue weighted by molar-refractivity contribution is 0.0697. The molecule has 1 atom stereocenters. The van der Waals surface area contributed by atoms with Gasteiger partial charge in [-0.05, 0) is 31.4 Å². The predicted octanol–water partition coefficient (Wildman–Crippen LogP) is 3.41. The predicted molar refractivity (Wildman–Crippen MR) is 73.0 cm³/mol. The standard InChI is InChI=1S/C14H22N2O2/c1-10(2)6-4-7-11(3)16-13-12(14(17)18)8-5-9-15-13/h5,8-11H,4,6-7H2,1-3H3,(H,15,16)(H,17,18). The van der Waals surface area contributed by atoms with Crippen LogP contribution in [0.3, 0.4) is 0 Å². The highest BCUT2D eigenvalue weighted by atomic mass is 16.4. The molecule has 0 aliphatic rings. The van der Waals surface area contributed by atoms with E-state index in [0.29, 0.717) is 11.7 Å². The Kier molecular flexibility index (Phi) is 5.62. The third kappa shape index (κ3) is 4.73. The van der Waals surface area contributed by atoms with Gasteiger partial charge in [0.2, 0.25) is 0 Å². The highest BCUT2D eigenvalue weighted by Gasteiger charge is 2.12. The Morgan fingerprint density at radius 1 is 1.39 bits per heavy atom. The fourth-order valence-corrected chi connectivity index (χ4v) is 1.83. The van der Waals surface area contributed by atoms with Crippen LogP contribution in [-0.2, 0) is 0 Å². The molecule has 1 aromatic rings. The molecule has 1 unspecified atom stereocenters. The molecule has 1 heterocycles. The van der Waals surface area contributed by atoms with E-state index in [-0.39, 0.29) is 11.6 Å². The summed E-state index contributed by atoms with van der Waals surface area (Å²) >= 11 is 0. The van der Waals surface area contributed by atoms with Gasteiger partial charge in [-0.15, -0.1) is 0 Å². The van der Waals surface area contributed by atoms with Gasteiger partial charge < -0.3 is 10.4 Å². The van der Waals surface area contributed by atoms with Gasteiger partial charge in [-0.1, -0.05) is 26.7 Å².